The van der Waals surface area contributed by atoms with Crippen LogP contribution < -0.4 is 10.2 Å². The molecule has 7 nitrogen and oxygen atoms in total. The highest BCUT2D eigenvalue weighted by Gasteiger charge is 2.15. The number of carboxylic acid groups (broad SMARTS) is 2. The third-order valence-electron chi connectivity index (χ3n) is 4.30. The van der Waals surface area contributed by atoms with Crippen molar-refractivity contribution in [1.82, 2.24) is 4.57 Å². The van der Waals surface area contributed by atoms with Crippen LogP contribution in [0.1, 0.15) is 17.5 Å². The number of aliphatic carboxylic acids is 1. The lowest BCUT2D eigenvalue weighted by Crippen LogP contribution is -2.17. The van der Waals surface area contributed by atoms with Crippen LogP contribution in [0.4, 0.5) is 4.79 Å². The van der Waals surface area contributed by atoms with E-state index in [-0.39, 0.29) is 18.4 Å². The summed E-state index contributed by atoms with van der Waals surface area (Å²) in [6, 6.07) is 10.3. The molecule has 2 N–H and O–H groups in total. The molecule has 3 rings (SSSR count). The molecular formula is C20H15Cl2NO6. The lowest BCUT2D eigenvalue weighted by Gasteiger charge is -2.13. The van der Waals surface area contributed by atoms with Gasteiger partial charge in [0, 0.05) is 11.9 Å². The molecule has 0 amide bonds. The van der Waals surface area contributed by atoms with E-state index < -0.39 is 23.3 Å². The van der Waals surface area contributed by atoms with Gasteiger partial charge in [-0.3, -0.25) is 9.59 Å². The van der Waals surface area contributed by atoms with Crippen molar-refractivity contribution in [3.05, 3.63) is 74.0 Å². The van der Waals surface area contributed by atoms with Gasteiger partial charge < -0.3 is 19.5 Å². The Bertz CT molecular complexity index is 1170. The summed E-state index contributed by atoms with van der Waals surface area (Å²) in [5, 5.41) is 18.9. The zero-order chi connectivity index (χ0) is 21.1. The molecule has 0 bridgehead atoms. The van der Waals surface area contributed by atoms with Gasteiger partial charge in [-0.05, 0) is 35.7 Å². The monoisotopic (exact) mass is 435 g/mol. The molecule has 150 valence electrons. The Balaban J connectivity index is 2.10. The molecule has 3 aromatic rings. The van der Waals surface area contributed by atoms with Crippen LogP contribution in [0.15, 0.2) is 47.4 Å². The Morgan fingerprint density at radius 2 is 1.86 bits per heavy atom. The van der Waals surface area contributed by atoms with Crippen molar-refractivity contribution >= 4 is 46.2 Å². The highest BCUT2D eigenvalue weighted by atomic mass is 35.5. The van der Waals surface area contributed by atoms with E-state index in [4.69, 9.17) is 33.4 Å². The third kappa shape index (κ3) is 4.70. The molecule has 0 saturated carbocycles. The molecule has 0 unspecified atom stereocenters. The second kappa shape index (κ2) is 8.55. The Morgan fingerprint density at radius 3 is 2.55 bits per heavy atom. The number of rotatable bonds is 6. The number of nitrogens with zero attached hydrogens (tertiary/aromatic N) is 1. The third-order valence-corrected chi connectivity index (χ3v) is 5.16. The second-order valence-electron chi connectivity index (χ2n) is 6.27. The van der Waals surface area contributed by atoms with Crippen molar-refractivity contribution in [2.75, 3.05) is 0 Å². The molecule has 1 heterocycles. The number of carbonyl (C=O) groups is 2. The average Bonchev–Trinajstić information content (AvgIpc) is 2.66. The van der Waals surface area contributed by atoms with Gasteiger partial charge >= 0.3 is 12.1 Å². The lowest BCUT2D eigenvalue weighted by molar-refractivity contribution is -0.137. The fourth-order valence-corrected chi connectivity index (χ4v) is 3.39. The number of carboxylic acids is 1. The van der Waals surface area contributed by atoms with E-state index in [9.17, 15) is 14.4 Å². The van der Waals surface area contributed by atoms with E-state index in [2.05, 4.69) is 4.74 Å². The minimum absolute atomic E-state index is 0.0432. The first-order chi connectivity index (χ1) is 13.8. The molecule has 1 aromatic heterocycles. The van der Waals surface area contributed by atoms with Crippen molar-refractivity contribution < 1.29 is 24.5 Å². The van der Waals surface area contributed by atoms with Gasteiger partial charge in [0.2, 0.25) is 5.43 Å². The smallest absolute Gasteiger partial charge is 0.481 e. The van der Waals surface area contributed by atoms with Crippen molar-refractivity contribution in [2.24, 2.45) is 0 Å². The minimum atomic E-state index is -1.63. The molecule has 0 saturated heterocycles. The lowest BCUT2D eigenvalue weighted by atomic mass is 10.0. The molecule has 9 heteroatoms. The first-order valence-electron chi connectivity index (χ1n) is 8.48. The Morgan fingerprint density at radius 1 is 1.10 bits per heavy atom. The molecular weight excluding hydrogens is 421 g/mol. The summed E-state index contributed by atoms with van der Waals surface area (Å²) in [5.74, 6) is -1.42. The number of halogens is 2. The largest absolute Gasteiger partial charge is 0.511 e. The van der Waals surface area contributed by atoms with Gasteiger partial charge in [0.25, 0.3) is 0 Å². The van der Waals surface area contributed by atoms with Crippen molar-refractivity contribution in [1.29, 1.82) is 0 Å². The summed E-state index contributed by atoms with van der Waals surface area (Å²) in [6.45, 7) is 0.0432. The number of benzene rings is 2. The molecule has 0 aliphatic heterocycles. The number of hydrogen-bond acceptors (Lipinski definition) is 4. The Hall–Kier alpha value is -3.03. The van der Waals surface area contributed by atoms with Crippen molar-refractivity contribution in [2.45, 2.75) is 19.4 Å². The number of ether oxygens (including phenoxy) is 1. The first-order valence-corrected chi connectivity index (χ1v) is 9.23. The van der Waals surface area contributed by atoms with Crippen molar-refractivity contribution in [3.8, 4) is 5.75 Å². The van der Waals surface area contributed by atoms with Crippen LogP contribution in [-0.2, 0) is 17.8 Å². The number of pyridine rings is 1. The fourth-order valence-electron chi connectivity index (χ4n) is 3.00. The zero-order valence-electron chi connectivity index (χ0n) is 14.9. The van der Waals surface area contributed by atoms with Gasteiger partial charge in [0.05, 0.1) is 28.2 Å². The number of fused-ring (bicyclic) bond motifs is 1. The molecule has 0 fully saturated rings. The van der Waals surface area contributed by atoms with E-state index in [0.717, 1.165) is 11.1 Å². The van der Waals surface area contributed by atoms with E-state index in [1.54, 1.807) is 30.3 Å². The van der Waals surface area contributed by atoms with Crippen LogP contribution in [0, 0.1) is 0 Å². The zero-order valence-corrected chi connectivity index (χ0v) is 16.4. The van der Waals surface area contributed by atoms with Gasteiger partial charge in [-0.2, -0.15) is 0 Å². The summed E-state index contributed by atoms with van der Waals surface area (Å²) in [5.41, 5.74) is 1.38. The SMILES string of the molecule is O=C(O)CCn1cc(OC(=O)O)c(=O)c2cc(Cc3cccc(Cl)c3Cl)ccc21. The fraction of sp³-hybridized carbons (Fsp3) is 0.150. The Kier molecular flexibility index (Phi) is 6.10. The highest BCUT2D eigenvalue weighted by molar-refractivity contribution is 6.42. The van der Waals surface area contributed by atoms with Crippen LogP contribution in [-0.4, -0.2) is 26.9 Å². The van der Waals surface area contributed by atoms with Gasteiger partial charge in [-0.25, -0.2) is 4.79 Å². The standard InChI is InChI=1S/C20H15Cl2NO6/c21-14-3-1-2-12(18(14)22)8-11-4-5-15-13(9-11)19(26)16(29-20(27)28)10-23(15)7-6-17(24)25/h1-5,9-10H,6-8H2,(H,24,25)(H,27,28). The summed E-state index contributed by atoms with van der Waals surface area (Å²) < 4.78 is 6.08. The van der Waals surface area contributed by atoms with Crippen LogP contribution in [0.2, 0.25) is 10.0 Å². The molecule has 29 heavy (non-hydrogen) atoms. The van der Waals surface area contributed by atoms with Crippen molar-refractivity contribution in [3.63, 3.8) is 0 Å². The topological polar surface area (TPSA) is 106 Å². The number of aryl methyl sites for hydroxylation is 1. The molecule has 0 aliphatic rings. The normalized spacial score (nSPS) is 10.8. The van der Waals surface area contributed by atoms with Gasteiger partial charge in [-0.1, -0.05) is 41.4 Å². The van der Waals surface area contributed by atoms with Crippen LogP contribution in [0.5, 0.6) is 5.75 Å². The van der Waals surface area contributed by atoms with E-state index in [0.29, 0.717) is 22.0 Å². The van der Waals surface area contributed by atoms with E-state index in [1.807, 2.05) is 6.07 Å². The maximum atomic E-state index is 12.7. The summed E-state index contributed by atoms with van der Waals surface area (Å²) in [4.78, 5) is 34.6. The van der Waals surface area contributed by atoms with Crippen LogP contribution >= 0.6 is 23.2 Å². The Labute approximate surface area is 174 Å². The highest BCUT2D eigenvalue weighted by Crippen LogP contribution is 2.28. The van der Waals surface area contributed by atoms with E-state index >= 15 is 0 Å². The first kappa shape index (κ1) is 20.7. The molecule has 2 aromatic carbocycles. The van der Waals surface area contributed by atoms with Crippen LogP contribution in [0.25, 0.3) is 10.9 Å². The van der Waals surface area contributed by atoms with Crippen LogP contribution in [0.3, 0.4) is 0 Å². The second-order valence-corrected chi connectivity index (χ2v) is 7.05. The van der Waals surface area contributed by atoms with E-state index in [1.165, 1.54) is 10.8 Å². The molecule has 0 atom stereocenters. The summed E-state index contributed by atoms with van der Waals surface area (Å²) >= 11 is 12.3. The minimum Gasteiger partial charge on any atom is -0.481 e. The maximum Gasteiger partial charge on any atom is 0.511 e. The number of aromatic nitrogens is 1. The molecule has 0 radical (unpaired) electrons. The quantitative estimate of drug-likeness (QED) is 0.554. The molecule has 0 aliphatic carbocycles. The maximum absolute atomic E-state index is 12.7. The average molecular weight is 436 g/mol. The summed E-state index contributed by atoms with van der Waals surface area (Å²) in [6.07, 6.45) is -0.235. The summed E-state index contributed by atoms with van der Waals surface area (Å²) in [7, 11) is 0. The predicted octanol–water partition coefficient (Wildman–Crippen LogP) is 4.43. The van der Waals surface area contributed by atoms with Gasteiger partial charge in [0.1, 0.15) is 0 Å². The predicted molar refractivity (Wildman–Crippen MR) is 108 cm³/mol. The van der Waals surface area contributed by atoms with Gasteiger partial charge in [-0.15, -0.1) is 0 Å². The van der Waals surface area contributed by atoms with Gasteiger partial charge in [0.15, 0.2) is 5.75 Å². The molecule has 0 spiro atoms. The number of hydrogen-bond donors (Lipinski definition) is 2.